The van der Waals surface area contributed by atoms with Crippen LogP contribution in [-0.2, 0) is 22.6 Å². The first-order chi connectivity index (χ1) is 18.4. The first-order valence-electron chi connectivity index (χ1n) is 12.3. The number of anilines is 1. The standard InChI is InChI=1S/C27H27F2N3O6/c28-19-6-7-23(22(29)12-19)30-27(34)32(15-21-4-2-10-36-21)16-26(33)31(14-20-3-1-9-35-20)13-18-5-8-24-25(11-18)38-17-37-24/h1,3,5-9,11-12,21H,2,4,10,13-17H2,(H,30,34). The lowest BCUT2D eigenvalue weighted by atomic mass is 10.1. The number of carbonyl (C=O) groups excluding carboxylic acids is 2. The van der Waals surface area contributed by atoms with Crippen molar-refractivity contribution in [3.63, 3.8) is 0 Å². The van der Waals surface area contributed by atoms with Gasteiger partial charge in [0.15, 0.2) is 11.5 Å². The zero-order valence-electron chi connectivity index (χ0n) is 20.5. The number of fused-ring (bicyclic) bond motifs is 1. The van der Waals surface area contributed by atoms with E-state index < -0.39 is 17.7 Å². The second-order valence-electron chi connectivity index (χ2n) is 9.09. The highest BCUT2D eigenvalue weighted by Gasteiger charge is 2.28. The normalized spacial score (nSPS) is 15.9. The maximum atomic E-state index is 14.2. The molecule has 3 aromatic rings. The Morgan fingerprint density at radius 1 is 1.00 bits per heavy atom. The minimum absolute atomic E-state index is 0.135. The lowest BCUT2D eigenvalue weighted by Crippen LogP contribution is -2.47. The molecule has 3 heterocycles. The van der Waals surface area contributed by atoms with Crippen LogP contribution >= 0.6 is 0 Å². The van der Waals surface area contributed by atoms with Gasteiger partial charge in [0, 0.05) is 25.8 Å². The molecule has 1 unspecified atom stereocenters. The Balaban J connectivity index is 1.34. The second kappa shape index (κ2) is 11.5. The molecule has 1 saturated heterocycles. The molecule has 200 valence electrons. The molecule has 1 atom stereocenters. The van der Waals surface area contributed by atoms with E-state index in [4.69, 9.17) is 18.6 Å². The molecule has 38 heavy (non-hydrogen) atoms. The minimum Gasteiger partial charge on any atom is -0.467 e. The lowest BCUT2D eigenvalue weighted by Gasteiger charge is -2.29. The Morgan fingerprint density at radius 3 is 2.63 bits per heavy atom. The minimum atomic E-state index is -0.913. The third-order valence-electron chi connectivity index (χ3n) is 6.32. The van der Waals surface area contributed by atoms with Crippen LogP contribution in [0.5, 0.6) is 11.5 Å². The molecule has 0 radical (unpaired) electrons. The Morgan fingerprint density at radius 2 is 1.87 bits per heavy atom. The molecular weight excluding hydrogens is 500 g/mol. The maximum absolute atomic E-state index is 14.2. The third kappa shape index (κ3) is 6.23. The average molecular weight is 528 g/mol. The first kappa shape index (κ1) is 25.5. The van der Waals surface area contributed by atoms with Gasteiger partial charge in [-0.3, -0.25) is 4.79 Å². The molecule has 2 aromatic carbocycles. The van der Waals surface area contributed by atoms with Crippen molar-refractivity contribution in [1.29, 1.82) is 0 Å². The highest BCUT2D eigenvalue weighted by Crippen LogP contribution is 2.33. The van der Waals surface area contributed by atoms with Gasteiger partial charge in [-0.2, -0.15) is 0 Å². The van der Waals surface area contributed by atoms with Crippen LogP contribution in [0.1, 0.15) is 24.2 Å². The predicted octanol–water partition coefficient (Wildman–Crippen LogP) is 4.53. The van der Waals surface area contributed by atoms with Gasteiger partial charge in [0.05, 0.1) is 24.6 Å². The molecule has 2 aliphatic rings. The predicted molar refractivity (Wildman–Crippen MR) is 131 cm³/mol. The summed E-state index contributed by atoms with van der Waals surface area (Å²) in [5.41, 5.74) is 0.617. The first-order valence-corrected chi connectivity index (χ1v) is 12.3. The summed E-state index contributed by atoms with van der Waals surface area (Å²) in [6, 6.07) is 11.1. The summed E-state index contributed by atoms with van der Waals surface area (Å²) < 4.78 is 49.5. The summed E-state index contributed by atoms with van der Waals surface area (Å²) in [6.07, 6.45) is 2.84. The molecule has 1 N–H and O–H groups in total. The van der Waals surface area contributed by atoms with Gasteiger partial charge in [-0.25, -0.2) is 13.6 Å². The SMILES string of the molecule is O=C(CN(CC1CCCO1)C(=O)Nc1ccc(F)cc1F)N(Cc1ccc2c(c1)OCO2)Cc1ccco1. The molecule has 5 rings (SSSR count). The number of carbonyl (C=O) groups is 2. The number of ether oxygens (including phenoxy) is 3. The van der Waals surface area contributed by atoms with E-state index in [0.717, 1.165) is 30.5 Å². The number of benzene rings is 2. The zero-order chi connectivity index (χ0) is 26.5. The fraction of sp³-hybridized carbons (Fsp3) is 0.333. The van der Waals surface area contributed by atoms with Crippen LogP contribution in [-0.4, -0.2) is 54.3 Å². The quantitative estimate of drug-likeness (QED) is 0.440. The van der Waals surface area contributed by atoms with Crippen LogP contribution in [0.2, 0.25) is 0 Å². The largest absolute Gasteiger partial charge is 0.467 e. The van der Waals surface area contributed by atoms with Gasteiger partial charge in [0.2, 0.25) is 12.7 Å². The zero-order valence-corrected chi connectivity index (χ0v) is 20.5. The molecule has 0 saturated carbocycles. The van der Waals surface area contributed by atoms with Gasteiger partial charge in [-0.1, -0.05) is 6.07 Å². The van der Waals surface area contributed by atoms with E-state index in [0.29, 0.717) is 29.9 Å². The molecule has 0 spiro atoms. The summed E-state index contributed by atoms with van der Waals surface area (Å²) >= 11 is 0. The Kier molecular flexibility index (Phi) is 7.73. The maximum Gasteiger partial charge on any atom is 0.322 e. The lowest BCUT2D eigenvalue weighted by molar-refractivity contribution is -0.133. The highest BCUT2D eigenvalue weighted by atomic mass is 19.1. The van der Waals surface area contributed by atoms with Crippen LogP contribution in [0.3, 0.4) is 0 Å². The molecule has 1 aromatic heterocycles. The molecule has 9 nitrogen and oxygen atoms in total. The number of furan rings is 1. The van der Waals surface area contributed by atoms with Crippen molar-refractivity contribution in [3.8, 4) is 11.5 Å². The van der Waals surface area contributed by atoms with Gasteiger partial charge in [-0.15, -0.1) is 0 Å². The van der Waals surface area contributed by atoms with E-state index in [1.54, 1.807) is 29.2 Å². The Hall–Kier alpha value is -4.12. The van der Waals surface area contributed by atoms with Crippen molar-refractivity contribution in [2.24, 2.45) is 0 Å². The molecular formula is C27H27F2N3O6. The van der Waals surface area contributed by atoms with E-state index >= 15 is 0 Å². The van der Waals surface area contributed by atoms with E-state index in [-0.39, 0.29) is 50.7 Å². The smallest absolute Gasteiger partial charge is 0.322 e. The number of hydrogen-bond acceptors (Lipinski definition) is 6. The molecule has 11 heteroatoms. The molecule has 2 aliphatic heterocycles. The highest BCUT2D eigenvalue weighted by molar-refractivity contribution is 5.92. The summed E-state index contributed by atoms with van der Waals surface area (Å²) in [5, 5.41) is 2.45. The van der Waals surface area contributed by atoms with Crippen LogP contribution in [0.15, 0.2) is 59.2 Å². The molecule has 3 amide bonds. The van der Waals surface area contributed by atoms with Gasteiger partial charge >= 0.3 is 6.03 Å². The van der Waals surface area contributed by atoms with Gasteiger partial charge in [0.1, 0.15) is 23.9 Å². The number of urea groups is 1. The molecule has 1 fully saturated rings. The number of hydrogen-bond donors (Lipinski definition) is 1. The Bertz CT molecular complexity index is 1280. The number of nitrogens with zero attached hydrogens (tertiary/aromatic N) is 2. The fourth-order valence-corrected chi connectivity index (χ4v) is 4.38. The van der Waals surface area contributed by atoms with Gasteiger partial charge < -0.3 is 33.7 Å². The average Bonchev–Trinajstić information content (AvgIpc) is 3.68. The van der Waals surface area contributed by atoms with E-state index in [2.05, 4.69) is 5.32 Å². The van der Waals surface area contributed by atoms with Crippen LogP contribution in [0, 0.1) is 11.6 Å². The van der Waals surface area contributed by atoms with Crippen molar-refractivity contribution in [2.75, 3.05) is 31.8 Å². The van der Waals surface area contributed by atoms with Crippen molar-refractivity contribution in [1.82, 2.24) is 9.80 Å². The van der Waals surface area contributed by atoms with Crippen LogP contribution in [0.25, 0.3) is 0 Å². The van der Waals surface area contributed by atoms with Crippen LogP contribution < -0.4 is 14.8 Å². The van der Waals surface area contributed by atoms with Gasteiger partial charge in [0.25, 0.3) is 0 Å². The topological polar surface area (TPSA) is 93.5 Å². The van der Waals surface area contributed by atoms with Crippen molar-refractivity contribution in [2.45, 2.75) is 32.0 Å². The van der Waals surface area contributed by atoms with Crippen LogP contribution in [0.4, 0.5) is 19.3 Å². The monoisotopic (exact) mass is 527 g/mol. The number of halogens is 2. The summed E-state index contributed by atoms with van der Waals surface area (Å²) in [4.78, 5) is 29.6. The summed E-state index contributed by atoms with van der Waals surface area (Å²) in [7, 11) is 0. The van der Waals surface area contributed by atoms with E-state index in [1.807, 2.05) is 6.07 Å². The number of nitrogens with one attached hydrogen (secondary N) is 1. The van der Waals surface area contributed by atoms with E-state index in [1.165, 1.54) is 11.2 Å². The van der Waals surface area contributed by atoms with Crippen molar-refractivity contribution >= 4 is 17.6 Å². The molecule has 0 bridgehead atoms. The molecule has 0 aliphatic carbocycles. The Labute approximate surface area is 217 Å². The summed E-state index contributed by atoms with van der Waals surface area (Å²) in [5.74, 6) is -0.235. The van der Waals surface area contributed by atoms with Crippen molar-refractivity contribution in [3.05, 3.63) is 77.8 Å². The fourth-order valence-electron chi connectivity index (χ4n) is 4.38. The summed E-state index contributed by atoms with van der Waals surface area (Å²) in [6.45, 7) is 0.935. The number of amides is 3. The number of rotatable bonds is 9. The van der Waals surface area contributed by atoms with E-state index in [9.17, 15) is 18.4 Å². The third-order valence-corrected chi connectivity index (χ3v) is 6.32. The van der Waals surface area contributed by atoms with Gasteiger partial charge in [-0.05, 0) is 54.8 Å². The van der Waals surface area contributed by atoms with Crippen molar-refractivity contribution < 1.29 is 37.0 Å². The second-order valence-corrected chi connectivity index (χ2v) is 9.09.